The summed E-state index contributed by atoms with van der Waals surface area (Å²) >= 11 is 6.64. The third kappa shape index (κ3) is 4.04. The second kappa shape index (κ2) is 8.57. The van der Waals surface area contributed by atoms with Crippen LogP contribution in [-0.4, -0.2) is 59.6 Å². The average molecular weight is 416 g/mol. The normalized spacial score (nSPS) is 16.6. The van der Waals surface area contributed by atoms with Crippen molar-refractivity contribution in [2.75, 3.05) is 32.8 Å². The van der Waals surface area contributed by atoms with E-state index in [2.05, 4.69) is 0 Å². The fraction of sp³-hybridized carbons (Fsp3) is 0.500. The number of aryl methyl sites for hydroxylation is 1. The van der Waals surface area contributed by atoms with Crippen molar-refractivity contribution in [1.82, 2.24) is 14.8 Å². The Kier molecular flexibility index (Phi) is 5.90. The Balaban J connectivity index is 1.49. The smallest absolute Gasteiger partial charge is 0.409 e. The maximum Gasteiger partial charge on any atom is 0.409 e. The highest BCUT2D eigenvalue weighted by Crippen LogP contribution is 2.33. The van der Waals surface area contributed by atoms with Gasteiger partial charge in [-0.1, -0.05) is 24.6 Å². The molecule has 7 heteroatoms. The molecule has 4 rings (SSSR count). The molecule has 0 radical (unpaired) electrons. The van der Waals surface area contributed by atoms with Crippen LogP contribution >= 0.6 is 11.6 Å². The van der Waals surface area contributed by atoms with Gasteiger partial charge in [0, 0.05) is 42.8 Å². The molecule has 2 aromatic rings. The van der Waals surface area contributed by atoms with Crippen LogP contribution in [0.15, 0.2) is 18.2 Å². The first kappa shape index (κ1) is 20.0. The van der Waals surface area contributed by atoms with Crippen LogP contribution in [0.3, 0.4) is 0 Å². The molecular formula is C22H26ClN3O3. The standard InChI is InChI=1S/C22H26ClN3O3/c1-2-13-29-22(28)26-11-9-25(10-12-26)21(27)15-7-8-17-19(14-15)24-18-6-4-3-5-16(18)20(17)23/h7-8,14H,2-6,9-13H2,1H3. The third-order valence-electron chi connectivity index (χ3n) is 5.69. The molecule has 154 valence electrons. The molecule has 1 aliphatic carbocycles. The summed E-state index contributed by atoms with van der Waals surface area (Å²) in [5.74, 6) is -0.0379. The molecule has 1 fully saturated rings. The summed E-state index contributed by atoms with van der Waals surface area (Å²) in [7, 11) is 0. The lowest BCUT2D eigenvalue weighted by Crippen LogP contribution is -2.50. The van der Waals surface area contributed by atoms with Gasteiger partial charge in [-0.25, -0.2) is 4.79 Å². The molecule has 6 nitrogen and oxygen atoms in total. The fourth-order valence-electron chi connectivity index (χ4n) is 4.06. The Morgan fingerprint density at radius 1 is 1.10 bits per heavy atom. The van der Waals surface area contributed by atoms with Crippen molar-refractivity contribution in [3.05, 3.63) is 40.0 Å². The first-order chi connectivity index (χ1) is 14.1. The van der Waals surface area contributed by atoms with Gasteiger partial charge in [-0.3, -0.25) is 9.78 Å². The number of rotatable bonds is 3. The highest BCUT2D eigenvalue weighted by molar-refractivity contribution is 6.36. The number of nitrogens with zero attached hydrogens (tertiary/aromatic N) is 3. The van der Waals surface area contributed by atoms with Crippen LogP contribution < -0.4 is 0 Å². The van der Waals surface area contributed by atoms with Gasteiger partial charge in [0.25, 0.3) is 5.91 Å². The van der Waals surface area contributed by atoms with Crippen LogP contribution in [0, 0.1) is 0 Å². The summed E-state index contributed by atoms with van der Waals surface area (Å²) in [6, 6.07) is 5.58. The first-order valence-corrected chi connectivity index (χ1v) is 10.8. The van der Waals surface area contributed by atoms with Crippen LogP contribution in [0.25, 0.3) is 10.9 Å². The van der Waals surface area contributed by atoms with E-state index < -0.39 is 0 Å². The maximum absolute atomic E-state index is 13.0. The van der Waals surface area contributed by atoms with Crippen molar-refractivity contribution in [3.63, 3.8) is 0 Å². The SMILES string of the molecule is CCCOC(=O)N1CCN(C(=O)c2ccc3c(Cl)c4c(nc3c2)CCCC4)CC1. The lowest BCUT2D eigenvalue weighted by Gasteiger charge is -2.34. The number of hydrogen-bond donors (Lipinski definition) is 0. The van der Waals surface area contributed by atoms with E-state index in [1.807, 2.05) is 25.1 Å². The predicted octanol–water partition coefficient (Wildman–Crippen LogP) is 4.07. The molecule has 0 saturated carbocycles. The topological polar surface area (TPSA) is 62.7 Å². The van der Waals surface area contributed by atoms with Gasteiger partial charge in [-0.15, -0.1) is 0 Å². The fourth-order valence-corrected chi connectivity index (χ4v) is 4.42. The minimum absolute atomic E-state index is 0.0379. The molecule has 0 atom stereocenters. The number of pyridine rings is 1. The average Bonchev–Trinajstić information content (AvgIpc) is 2.77. The second-order valence-electron chi connectivity index (χ2n) is 7.68. The van der Waals surface area contributed by atoms with Crippen molar-refractivity contribution >= 4 is 34.5 Å². The van der Waals surface area contributed by atoms with E-state index >= 15 is 0 Å². The van der Waals surface area contributed by atoms with Gasteiger partial charge in [0.05, 0.1) is 17.1 Å². The summed E-state index contributed by atoms with van der Waals surface area (Å²) < 4.78 is 5.18. The van der Waals surface area contributed by atoms with Crippen molar-refractivity contribution in [3.8, 4) is 0 Å². The zero-order chi connectivity index (χ0) is 20.4. The van der Waals surface area contributed by atoms with Crippen molar-refractivity contribution in [2.24, 2.45) is 0 Å². The van der Waals surface area contributed by atoms with Gasteiger partial charge < -0.3 is 14.5 Å². The molecule has 0 unspecified atom stereocenters. The van der Waals surface area contributed by atoms with Crippen LogP contribution in [0.1, 0.15) is 47.8 Å². The number of amides is 2. The van der Waals surface area contributed by atoms with E-state index in [0.717, 1.165) is 59.3 Å². The van der Waals surface area contributed by atoms with Gasteiger partial charge >= 0.3 is 6.09 Å². The first-order valence-electron chi connectivity index (χ1n) is 10.4. The van der Waals surface area contributed by atoms with E-state index in [9.17, 15) is 9.59 Å². The van der Waals surface area contributed by atoms with Gasteiger partial charge in [-0.2, -0.15) is 0 Å². The number of benzene rings is 1. The Bertz CT molecular complexity index is 939. The van der Waals surface area contributed by atoms with E-state index in [4.69, 9.17) is 21.3 Å². The summed E-state index contributed by atoms with van der Waals surface area (Å²) in [5.41, 5.74) is 3.62. The summed E-state index contributed by atoms with van der Waals surface area (Å²) in [6.07, 6.45) is 4.70. The molecule has 2 aliphatic rings. The predicted molar refractivity (Wildman–Crippen MR) is 113 cm³/mol. The number of ether oxygens (including phenoxy) is 1. The van der Waals surface area contributed by atoms with Crippen LogP contribution in [0.2, 0.25) is 5.02 Å². The summed E-state index contributed by atoms with van der Waals surface area (Å²) in [6.45, 7) is 4.35. The zero-order valence-electron chi connectivity index (χ0n) is 16.7. The van der Waals surface area contributed by atoms with Gasteiger partial charge in [0.15, 0.2) is 0 Å². The molecular weight excluding hydrogens is 390 g/mol. The molecule has 0 spiro atoms. The lowest BCUT2D eigenvalue weighted by atomic mass is 9.94. The number of carbonyl (C=O) groups excluding carboxylic acids is 2. The molecule has 1 aromatic carbocycles. The minimum atomic E-state index is -0.298. The Morgan fingerprint density at radius 3 is 2.59 bits per heavy atom. The van der Waals surface area contributed by atoms with Crippen molar-refractivity contribution in [1.29, 1.82) is 0 Å². The molecule has 2 heterocycles. The molecule has 0 N–H and O–H groups in total. The second-order valence-corrected chi connectivity index (χ2v) is 8.06. The van der Waals surface area contributed by atoms with Crippen LogP contribution in [-0.2, 0) is 17.6 Å². The number of carbonyl (C=O) groups is 2. The molecule has 29 heavy (non-hydrogen) atoms. The monoisotopic (exact) mass is 415 g/mol. The molecule has 2 amide bonds. The maximum atomic E-state index is 13.0. The van der Waals surface area contributed by atoms with E-state index in [1.165, 1.54) is 0 Å². The third-order valence-corrected chi connectivity index (χ3v) is 6.13. The summed E-state index contributed by atoms with van der Waals surface area (Å²) in [5, 5.41) is 1.69. The van der Waals surface area contributed by atoms with Gasteiger partial charge in [-0.05, 0) is 49.8 Å². The van der Waals surface area contributed by atoms with Gasteiger partial charge in [0.1, 0.15) is 0 Å². The number of aromatic nitrogens is 1. The van der Waals surface area contributed by atoms with E-state index in [-0.39, 0.29) is 12.0 Å². The highest BCUT2D eigenvalue weighted by Gasteiger charge is 2.26. The quantitative estimate of drug-likeness (QED) is 0.758. The molecule has 1 aromatic heterocycles. The minimum Gasteiger partial charge on any atom is -0.449 e. The molecule has 1 aliphatic heterocycles. The van der Waals surface area contributed by atoms with E-state index in [1.54, 1.807) is 9.80 Å². The van der Waals surface area contributed by atoms with Crippen molar-refractivity contribution in [2.45, 2.75) is 39.0 Å². The highest BCUT2D eigenvalue weighted by atomic mass is 35.5. The summed E-state index contributed by atoms with van der Waals surface area (Å²) in [4.78, 5) is 33.2. The number of hydrogen-bond acceptors (Lipinski definition) is 4. The van der Waals surface area contributed by atoms with E-state index in [0.29, 0.717) is 38.3 Å². The largest absolute Gasteiger partial charge is 0.449 e. The Morgan fingerprint density at radius 2 is 1.83 bits per heavy atom. The number of fused-ring (bicyclic) bond motifs is 2. The van der Waals surface area contributed by atoms with Crippen LogP contribution in [0.5, 0.6) is 0 Å². The van der Waals surface area contributed by atoms with Crippen molar-refractivity contribution < 1.29 is 14.3 Å². The molecule has 0 bridgehead atoms. The van der Waals surface area contributed by atoms with Gasteiger partial charge in [0.2, 0.25) is 0 Å². The zero-order valence-corrected chi connectivity index (χ0v) is 17.5. The Labute approximate surface area is 175 Å². The number of piperazine rings is 1. The van der Waals surface area contributed by atoms with Crippen LogP contribution in [0.4, 0.5) is 4.79 Å². The number of halogens is 1. The Hall–Kier alpha value is -2.34. The lowest BCUT2D eigenvalue weighted by molar-refractivity contribution is 0.0560. The molecule has 1 saturated heterocycles.